The molecule has 8 nitrogen and oxygen atoms in total. The summed E-state index contributed by atoms with van der Waals surface area (Å²) in [7, 11) is 0. The number of hydrogen-bond donors (Lipinski definition) is 3. The van der Waals surface area contributed by atoms with E-state index >= 15 is 0 Å². The summed E-state index contributed by atoms with van der Waals surface area (Å²) in [5.74, 6) is -0.0416. The first-order chi connectivity index (χ1) is 16.9. The first-order valence-corrected chi connectivity index (χ1v) is 12.2. The van der Waals surface area contributed by atoms with Gasteiger partial charge in [-0.3, -0.25) is 0 Å². The van der Waals surface area contributed by atoms with E-state index in [2.05, 4.69) is 22.5 Å². The molecule has 3 aromatic rings. The van der Waals surface area contributed by atoms with Crippen molar-refractivity contribution in [2.24, 2.45) is 5.92 Å². The molecule has 4 atom stereocenters. The number of benzene rings is 2. The van der Waals surface area contributed by atoms with Crippen LogP contribution in [0, 0.1) is 5.92 Å². The molecule has 35 heavy (non-hydrogen) atoms. The second-order valence-electron chi connectivity index (χ2n) is 8.41. The number of amides is 2. The van der Waals surface area contributed by atoms with Crippen LogP contribution in [-0.4, -0.2) is 33.3 Å². The molecule has 1 aromatic heterocycles. The maximum atomic E-state index is 12.0. The van der Waals surface area contributed by atoms with Crippen molar-refractivity contribution in [3.05, 3.63) is 81.9 Å². The number of aromatic nitrogens is 2. The van der Waals surface area contributed by atoms with E-state index in [1.54, 1.807) is 17.0 Å². The minimum Gasteiger partial charge on any atom is -0.392 e. The molecular formula is C25H28Cl2N4O4. The maximum Gasteiger partial charge on any atom is 0.319 e. The number of imidazole rings is 1. The first kappa shape index (κ1) is 25.5. The fourth-order valence-electron chi connectivity index (χ4n) is 4.09. The predicted octanol–water partition coefficient (Wildman–Crippen LogP) is 5.32. The summed E-state index contributed by atoms with van der Waals surface area (Å²) in [6.45, 7) is 4.85. The number of aliphatic hydroxyl groups excluding tert-OH is 1. The van der Waals surface area contributed by atoms with Gasteiger partial charge in [-0.1, -0.05) is 66.5 Å². The van der Waals surface area contributed by atoms with Crippen molar-refractivity contribution >= 4 is 34.9 Å². The first-order valence-electron chi connectivity index (χ1n) is 11.4. The Hall–Kier alpha value is -2.62. The molecule has 186 valence electrons. The van der Waals surface area contributed by atoms with Crippen LogP contribution in [0.3, 0.4) is 0 Å². The normalized spacial score (nSPS) is 22.1. The highest BCUT2D eigenvalue weighted by atomic mass is 35.5. The van der Waals surface area contributed by atoms with Gasteiger partial charge in [0, 0.05) is 23.7 Å². The second-order valence-corrected chi connectivity index (χ2v) is 9.13. The smallest absolute Gasteiger partial charge is 0.319 e. The zero-order valence-electron chi connectivity index (χ0n) is 19.4. The molecule has 10 heteroatoms. The van der Waals surface area contributed by atoms with E-state index in [1.807, 2.05) is 49.4 Å². The van der Waals surface area contributed by atoms with Crippen molar-refractivity contribution in [1.82, 2.24) is 14.9 Å². The van der Waals surface area contributed by atoms with Crippen LogP contribution in [0.5, 0.6) is 0 Å². The lowest BCUT2D eigenvalue weighted by atomic mass is 9.90. The van der Waals surface area contributed by atoms with Crippen LogP contribution >= 0.6 is 23.2 Å². The zero-order valence-corrected chi connectivity index (χ0v) is 21.0. The molecule has 1 fully saturated rings. The van der Waals surface area contributed by atoms with Gasteiger partial charge in [-0.05, 0) is 30.2 Å². The molecule has 1 aliphatic heterocycles. The maximum absolute atomic E-state index is 12.0. The lowest BCUT2D eigenvalue weighted by Crippen LogP contribution is -2.39. The Morgan fingerprint density at radius 3 is 2.57 bits per heavy atom. The molecule has 0 saturated carbocycles. The van der Waals surface area contributed by atoms with E-state index in [-0.39, 0.29) is 35.9 Å². The molecule has 2 amide bonds. The Balaban J connectivity index is 1.63. The van der Waals surface area contributed by atoms with Crippen LogP contribution in [-0.2, 0) is 22.6 Å². The van der Waals surface area contributed by atoms with E-state index in [4.69, 9.17) is 32.7 Å². The van der Waals surface area contributed by atoms with Gasteiger partial charge < -0.3 is 29.8 Å². The van der Waals surface area contributed by atoms with E-state index in [0.29, 0.717) is 23.9 Å². The molecule has 4 rings (SSSR count). The van der Waals surface area contributed by atoms with Gasteiger partial charge in [-0.2, -0.15) is 0 Å². The minimum atomic E-state index is -0.688. The van der Waals surface area contributed by atoms with Crippen LogP contribution < -0.4 is 10.6 Å². The standard InChI is InChI=1S/C25H28Cl2N4O4/c1-3-28-25(33)30-19-6-4-5-18(11-19)24-34-20(12-31-14-29-22(26)23(31)27)15(2)21(35-24)17-9-7-16(13-32)8-10-17/h4-11,14-15,20-21,24,32H,3,12-13H2,1-2H3,(H2,28,30,33)/t15-,20+,21+,24+/m0/s1. The number of nitrogens with one attached hydrogen (secondary N) is 2. The molecule has 3 N–H and O–H groups in total. The SMILES string of the molecule is CCNC(=O)Nc1cccc([C@@H]2O[C@H](Cn3cnc(Cl)c3Cl)[C@H](C)[C@H](c3ccc(CO)cc3)O2)c1. The van der Waals surface area contributed by atoms with Crippen LogP contribution in [0.2, 0.25) is 10.3 Å². The summed E-state index contributed by atoms with van der Waals surface area (Å²) in [6, 6.07) is 14.8. The number of hydrogen-bond acceptors (Lipinski definition) is 5. The molecule has 0 spiro atoms. The Labute approximate surface area is 214 Å². The van der Waals surface area contributed by atoms with Crippen molar-refractivity contribution in [3.63, 3.8) is 0 Å². The number of rotatable bonds is 7. The number of anilines is 1. The number of ether oxygens (including phenoxy) is 2. The number of halogens is 2. The van der Waals surface area contributed by atoms with Crippen molar-refractivity contribution in [2.45, 2.75) is 45.5 Å². The average Bonchev–Trinajstić information content (AvgIpc) is 3.18. The molecule has 2 aromatic carbocycles. The number of urea groups is 1. The third-order valence-electron chi connectivity index (χ3n) is 5.99. The lowest BCUT2D eigenvalue weighted by molar-refractivity contribution is -0.276. The third-order valence-corrected chi connectivity index (χ3v) is 6.76. The Morgan fingerprint density at radius 1 is 1.14 bits per heavy atom. The molecule has 0 bridgehead atoms. The van der Waals surface area contributed by atoms with Crippen LogP contribution in [0.25, 0.3) is 0 Å². The molecule has 0 aliphatic carbocycles. The van der Waals surface area contributed by atoms with E-state index in [0.717, 1.165) is 16.7 Å². The van der Waals surface area contributed by atoms with Crippen LogP contribution in [0.15, 0.2) is 54.9 Å². The minimum absolute atomic E-state index is 0.0268. The number of nitrogens with zero attached hydrogens (tertiary/aromatic N) is 2. The van der Waals surface area contributed by atoms with Crippen molar-refractivity contribution in [3.8, 4) is 0 Å². The monoisotopic (exact) mass is 518 g/mol. The number of carbonyl (C=O) groups is 1. The van der Waals surface area contributed by atoms with Crippen molar-refractivity contribution < 1.29 is 19.4 Å². The second kappa shape index (κ2) is 11.4. The number of aliphatic hydroxyl groups is 1. The largest absolute Gasteiger partial charge is 0.392 e. The van der Waals surface area contributed by atoms with Gasteiger partial charge in [-0.15, -0.1) is 0 Å². The third kappa shape index (κ3) is 5.97. The summed E-state index contributed by atoms with van der Waals surface area (Å²) < 4.78 is 14.6. The predicted molar refractivity (Wildman–Crippen MR) is 134 cm³/mol. The summed E-state index contributed by atoms with van der Waals surface area (Å²) in [5, 5.41) is 15.5. The van der Waals surface area contributed by atoms with Gasteiger partial charge in [0.1, 0.15) is 5.15 Å². The molecule has 2 heterocycles. The molecule has 1 aliphatic rings. The van der Waals surface area contributed by atoms with Crippen molar-refractivity contribution in [2.75, 3.05) is 11.9 Å². The van der Waals surface area contributed by atoms with Gasteiger partial charge in [0.15, 0.2) is 11.4 Å². The van der Waals surface area contributed by atoms with Gasteiger partial charge in [0.2, 0.25) is 0 Å². The highest BCUT2D eigenvalue weighted by Crippen LogP contribution is 2.42. The van der Waals surface area contributed by atoms with E-state index in [1.165, 1.54) is 0 Å². The van der Waals surface area contributed by atoms with E-state index < -0.39 is 6.29 Å². The van der Waals surface area contributed by atoms with E-state index in [9.17, 15) is 9.90 Å². The van der Waals surface area contributed by atoms with Crippen LogP contribution in [0.1, 0.15) is 42.9 Å². The molecular weight excluding hydrogens is 491 g/mol. The Bertz CT molecular complexity index is 1150. The van der Waals surface area contributed by atoms with Gasteiger partial charge >= 0.3 is 6.03 Å². The highest BCUT2D eigenvalue weighted by Gasteiger charge is 2.39. The summed E-state index contributed by atoms with van der Waals surface area (Å²) in [6.07, 6.45) is 0.337. The van der Waals surface area contributed by atoms with Gasteiger partial charge in [0.25, 0.3) is 0 Å². The summed E-state index contributed by atoms with van der Waals surface area (Å²) in [4.78, 5) is 16.1. The Kier molecular flexibility index (Phi) is 8.30. The molecule has 0 radical (unpaired) electrons. The van der Waals surface area contributed by atoms with Crippen LogP contribution in [0.4, 0.5) is 10.5 Å². The van der Waals surface area contributed by atoms with Gasteiger partial charge in [0.05, 0.1) is 31.7 Å². The molecule has 1 saturated heterocycles. The van der Waals surface area contributed by atoms with Crippen molar-refractivity contribution in [1.29, 1.82) is 0 Å². The lowest BCUT2D eigenvalue weighted by Gasteiger charge is -2.41. The Morgan fingerprint density at radius 2 is 1.91 bits per heavy atom. The summed E-state index contributed by atoms with van der Waals surface area (Å²) >= 11 is 12.4. The van der Waals surface area contributed by atoms with Gasteiger partial charge in [-0.25, -0.2) is 9.78 Å². The quantitative estimate of drug-likeness (QED) is 0.393. The summed E-state index contributed by atoms with van der Waals surface area (Å²) in [5.41, 5.74) is 3.19. The number of carbonyl (C=O) groups excluding carboxylic acids is 1. The fraction of sp³-hybridized carbons (Fsp3) is 0.360. The topological polar surface area (TPSA) is 97.6 Å². The fourth-order valence-corrected chi connectivity index (χ4v) is 4.40. The highest BCUT2D eigenvalue weighted by molar-refractivity contribution is 6.40. The average molecular weight is 519 g/mol. The molecule has 0 unspecified atom stereocenters. The zero-order chi connectivity index (χ0) is 24.9.